The summed E-state index contributed by atoms with van der Waals surface area (Å²) in [7, 11) is 1.74. The lowest BCUT2D eigenvalue weighted by atomic mass is 10.1. The quantitative estimate of drug-likeness (QED) is 0.786. The Bertz CT molecular complexity index is 508. The summed E-state index contributed by atoms with van der Waals surface area (Å²) in [6, 6.07) is 1.82. The number of aliphatic hydroxyl groups is 1. The number of aliphatic hydroxyl groups excluding tert-OH is 1. The third-order valence-electron chi connectivity index (χ3n) is 2.46. The van der Waals surface area contributed by atoms with Gasteiger partial charge in [0.15, 0.2) is 0 Å². The minimum absolute atomic E-state index is 0.635. The molecule has 2 heterocycles. The molecule has 0 bridgehead atoms. The molecule has 0 spiro atoms. The number of aromatic nitrogens is 5. The Morgan fingerprint density at radius 2 is 2.06 bits per heavy atom. The minimum Gasteiger partial charge on any atom is -0.382 e. The van der Waals surface area contributed by atoms with Crippen LogP contribution in [0.3, 0.4) is 0 Å². The summed E-state index contributed by atoms with van der Waals surface area (Å²) in [4.78, 5) is 0. The van der Waals surface area contributed by atoms with E-state index in [1.165, 1.54) is 0 Å². The van der Waals surface area contributed by atoms with E-state index in [9.17, 15) is 5.11 Å². The van der Waals surface area contributed by atoms with E-state index in [1.54, 1.807) is 17.9 Å². The Balaban J connectivity index is 2.45. The third kappa shape index (κ3) is 1.79. The second kappa shape index (κ2) is 3.97. The maximum absolute atomic E-state index is 10.2. The van der Waals surface area contributed by atoms with Crippen LogP contribution in [0, 0.1) is 13.8 Å². The van der Waals surface area contributed by atoms with E-state index in [-0.39, 0.29) is 0 Å². The van der Waals surface area contributed by atoms with Gasteiger partial charge >= 0.3 is 0 Å². The molecule has 0 aromatic carbocycles. The molecule has 0 saturated heterocycles. The van der Waals surface area contributed by atoms with Crippen molar-refractivity contribution in [1.29, 1.82) is 0 Å². The average molecular weight is 219 g/mol. The van der Waals surface area contributed by atoms with Crippen LogP contribution in [-0.4, -0.2) is 30.3 Å². The Morgan fingerprint density at radius 1 is 1.31 bits per heavy atom. The normalized spacial score (nSPS) is 12.8. The van der Waals surface area contributed by atoms with Crippen LogP contribution in [0.5, 0.6) is 0 Å². The zero-order valence-corrected chi connectivity index (χ0v) is 9.42. The summed E-state index contributed by atoms with van der Waals surface area (Å²) >= 11 is 0. The zero-order chi connectivity index (χ0) is 11.7. The highest BCUT2D eigenvalue weighted by molar-refractivity contribution is 5.28. The van der Waals surface area contributed by atoms with Gasteiger partial charge in [-0.05, 0) is 19.9 Å². The molecular weight excluding hydrogens is 206 g/mol. The first-order valence-corrected chi connectivity index (χ1v) is 4.93. The molecule has 1 atom stereocenters. The number of aryl methyl sites for hydroxylation is 3. The van der Waals surface area contributed by atoms with Gasteiger partial charge in [-0.25, -0.2) is 4.68 Å². The Morgan fingerprint density at radius 3 is 2.69 bits per heavy atom. The third-order valence-corrected chi connectivity index (χ3v) is 2.46. The molecule has 0 aliphatic carbocycles. The van der Waals surface area contributed by atoms with Crippen molar-refractivity contribution in [1.82, 2.24) is 25.2 Å². The second-order valence-electron chi connectivity index (χ2n) is 3.71. The summed E-state index contributed by atoms with van der Waals surface area (Å²) in [6.07, 6.45) is 0.772. The van der Waals surface area contributed by atoms with E-state index in [4.69, 9.17) is 0 Å². The fourth-order valence-electron chi connectivity index (χ4n) is 1.55. The molecule has 16 heavy (non-hydrogen) atoms. The van der Waals surface area contributed by atoms with E-state index in [2.05, 4.69) is 20.5 Å². The molecule has 0 radical (unpaired) electrons. The lowest BCUT2D eigenvalue weighted by Crippen LogP contribution is -2.10. The predicted octanol–water partition coefficient (Wildman–Crippen LogP) is 0.304. The molecule has 0 saturated carbocycles. The highest BCUT2D eigenvalue weighted by Crippen LogP contribution is 2.22. The van der Waals surface area contributed by atoms with Gasteiger partial charge in [0, 0.05) is 12.6 Å². The number of hydrogen-bond acceptors (Lipinski definition) is 5. The Labute approximate surface area is 92.9 Å². The maximum atomic E-state index is 10.2. The number of hydrogen-bond donors (Lipinski definition) is 1. The van der Waals surface area contributed by atoms with Crippen LogP contribution >= 0.6 is 0 Å². The van der Waals surface area contributed by atoms with Crippen molar-refractivity contribution in [2.75, 3.05) is 0 Å². The van der Waals surface area contributed by atoms with Gasteiger partial charge in [0.25, 0.3) is 0 Å². The van der Waals surface area contributed by atoms with Gasteiger partial charge in [0.05, 0.1) is 23.3 Å². The highest BCUT2D eigenvalue weighted by atomic mass is 16.3. The van der Waals surface area contributed by atoms with E-state index in [1.807, 2.05) is 19.9 Å². The monoisotopic (exact) mass is 219 g/mol. The van der Waals surface area contributed by atoms with E-state index < -0.39 is 6.10 Å². The molecule has 6 heteroatoms. The van der Waals surface area contributed by atoms with Gasteiger partial charge in [-0.3, -0.25) is 0 Å². The lowest BCUT2D eigenvalue weighted by molar-refractivity contribution is 0.208. The topological polar surface area (TPSA) is 76.7 Å². The van der Waals surface area contributed by atoms with Gasteiger partial charge in [0.2, 0.25) is 0 Å². The largest absolute Gasteiger partial charge is 0.382 e. The van der Waals surface area contributed by atoms with Gasteiger partial charge in [-0.2, -0.15) is 10.2 Å². The predicted molar refractivity (Wildman–Crippen MR) is 56.6 cm³/mol. The molecule has 0 aliphatic heterocycles. The van der Waals surface area contributed by atoms with Crippen LogP contribution in [0.1, 0.15) is 28.7 Å². The van der Waals surface area contributed by atoms with Crippen molar-refractivity contribution >= 4 is 0 Å². The van der Waals surface area contributed by atoms with Crippen molar-refractivity contribution in [3.63, 3.8) is 0 Å². The zero-order valence-electron chi connectivity index (χ0n) is 9.42. The molecule has 0 aliphatic rings. The van der Waals surface area contributed by atoms with Gasteiger partial charge in [-0.15, -0.1) is 5.10 Å². The van der Waals surface area contributed by atoms with Crippen LogP contribution in [0.4, 0.5) is 0 Å². The molecule has 0 fully saturated rings. The molecule has 1 unspecified atom stereocenters. The fraction of sp³-hybridized carbons (Fsp3) is 0.400. The summed E-state index contributed by atoms with van der Waals surface area (Å²) in [5.74, 6) is 0. The van der Waals surface area contributed by atoms with Gasteiger partial charge in [-0.1, -0.05) is 5.21 Å². The van der Waals surface area contributed by atoms with Crippen LogP contribution in [0.2, 0.25) is 0 Å². The summed E-state index contributed by atoms with van der Waals surface area (Å²) < 4.78 is 1.54. The highest BCUT2D eigenvalue weighted by Gasteiger charge is 2.18. The molecule has 2 aromatic rings. The van der Waals surface area contributed by atoms with Crippen molar-refractivity contribution in [3.05, 3.63) is 34.9 Å². The van der Waals surface area contributed by atoms with Gasteiger partial charge in [0.1, 0.15) is 6.10 Å². The molecule has 2 aromatic heterocycles. The molecule has 1 N–H and O–H groups in total. The molecule has 84 valence electrons. The first kappa shape index (κ1) is 10.7. The summed E-state index contributed by atoms with van der Waals surface area (Å²) in [5.41, 5.74) is 2.85. The minimum atomic E-state index is -0.769. The number of nitrogens with zero attached hydrogens (tertiary/aromatic N) is 5. The second-order valence-corrected chi connectivity index (χ2v) is 3.71. The molecule has 0 amide bonds. The molecular formula is C10H13N5O. The Kier molecular flexibility index (Phi) is 2.66. The molecule has 2 rings (SSSR count). The van der Waals surface area contributed by atoms with E-state index in [0.717, 1.165) is 11.3 Å². The van der Waals surface area contributed by atoms with Crippen LogP contribution < -0.4 is 0 Å². The van der Waals surface area contributed by atoms with Gasteiger partial charge < -0.3 is 5.11 Å². The SMILES string of the molecule is Cc1cc(C(O)c2cnnn2C)c(C)nn1. The first-order chi connectivity index (χ1) is 7.59. The Hall–Kier alpha value is -1.82. The van der Waals surface area contributed by atoms with Crippen LogP contribution in [-0.2, 0) is 7.05 Å². The smallest absolute Gasteiger partial charge is 0.124 e. The van der Waals surface area contributed by atoms with Crippen molar-refractivity contribution < 1.29 is 5.11 Å². The first-order valence-electron chi connectivity index (χ1n) is 4.93. The maximum Gasteiger partial charge on any atom is 0.124 e. The lowest BCUT2D eigenvalue weighted by Gasteiger charge is -2.12. The number of rotatable bonds is 2. The average Bonchev–Trinajstić information content (AvgIpc) is 2.67. The summed E-state index contributed by atoms with van der Waals surface area (Å²) in [6.45, 7) is 3.65. The van der Waals surface area contributed by atoms with E-state index in [0.29, 0.717) is 11.4 Å². The van der Waals surface area contributed by atoms with Crippen molar-refractivity contribution in [3.8, 4) is 0 Å². The fourth-order valence-corrected chi connectivity index (χ4v) is 1.55. The van der Waals surface area contributed by atoms with Crippen LogP contribution in [0.15, 0.2) is 12.3 Å². The van der Waals surface area contributed by atoms with Crippen molar-refractivity contribution in [2.45, 2.75) is 20.0 Å². The van der Waals surface area contributed by atoms with Crippen LogP contribution in [0.25, 0.3) is 0 Å². The van der Waals surface area contributed by atoms with Crippen molar-refractivity contribution in [2.24, 2.45) is 7.05 Å². The standard InChI is InChI=1S/C10H13N5O/c1-6-4-8(7(2)13-12-6)10(16)9-5-11-14-15(9)3/h4-5,10,16H,1-3H3. The van der Waals surface area contributed by atoms with E-state index >= 15 is 0 Å². The molecule has 6 nitrogen and oxygen atoms in total. The summed E-state index contributed by atoms with van der Waals surface area (Å²) in [5, 5.41) is 25.6.